The van der Waals surface area contributed by atoms with Crippen LogP contribution < -0.4 is 10.6 Å². The molecular formula is C12H18F6N2O4. The molecule has 0 atom stereocenters. The monoisotopic (exact) mass is 368 g/mol. The summed E-state index contributed by atoms with van der Waals surface area (Å²) < 4.78 is 78.3. The Balaban J connectivity index is 3.42. The largest absolute Gasteiger partial charge is 0.440 e. The average molecular weight is 368 g/mol. The number of alkyl carbamates (subject to hydrolysis) is 2. The molecule has 24 heavy (non-hydrogen) atoms. The zero-order valence-corrected chi connectivity index (χ0v) is 12.6. The Labute approximate surface area is 133 Å². The Hall–Kier alpha value is -1.88. The molecule has 0 aromatic rings. The summed E-state index contributed by atoms with van der Waals surface area (Å²) in [6.45, 7) is -3.07. The van der Waals surface area contributed by atoms with E-state index in [0.717, 1.165) is 0 Å². The van der Waals surface area contributed by atoms with Crippen LogP contribution in [0.4, 0.5) is 35.9 Å². The maximum atomic E-state index is 11.7. The normalized spacial score (nSPS) is 11.8. The molecule has 0 bridgehead atoms. The van der Waals surface area contributed by atoms with Crippen LogP contribution in [0.1, 0.15) is 25.7 Å². The van der Waals surface area contributed by atoms with Gasteiger partial charge in [-0.15, -0.1) is 0 Å². The van der Waals surface area contributed by atoms with Crippen LogP contribution in [0.3, 0.4) is 0 Å². The van der Waals surface area contributed by atoms with Gasteiger partial charge in [0, 0.05) is 13.1 Å². The smallest absolute Gasteiger partial charge is 0.422 e. The third-order valence-corrected chi connectivity index (χ3v) is 2.38. The molecule has 0 aliphatic heterocycles. The quantitative estimate of drug-likeness (QED) is 0.484. The number of carbonyl (C=O) groups is 2. The number of carbonyl (C=O) groups excluding carboxylic acids is 2. The van der Waals surface area contributed by atoms with Gasteiger partial charge in [-0.05, 0) is 12.8 Å². The van der Waals surface area contributed by atoms with E-state index < -0.39 is 37.8 Å². The van der Waals surface area contributed by atoms with Crippen molar-refractivity contribution in [2.24, 2.45) is 0 Å². The van der Waals surface area contributed by atoms with E-state index in [-0.39, 0.29) is 13.1 Å². The molecule has 0 unspecified atom stereocenters. The summed E-state index contributed by atoms with van der Waals surface area (Å²) >= 11 is 0. The number of alkyl halides is 6. The zero-order chi connectivity index (χ0) is 18.6. The maximum absolute atomic E-state index is 11.7. The lowest BCUT2D eigenvalue weighted by atomic mass is 10.2. The number of unbranched alkanes of at least 4 members (excludes halogenated alkanes) is 3. The van der Waals surface area contributed by atoms with Gasteiger partial charge in [0.1, 0.15) is 0 Å². The van der Waals surface area contributed by atoms with Crippen LogP contribution in [-0.4, -0.2) is 50.8 Å². The molecule has 0 aliphatic carbocycles. The van der Waals surface area contributed by atoms with Gasteiger partial charge in [0.25, 0.3) is 0 Å². The van der Waals surface area contributed by atoms with Gasteiger partial charge < -0.3 is 20.1 Å². The van der Waals surface area contributed by atoms with Crippen molar-refractivity contribution in [1.29, 1.82) is 0 Å². The van der Waals surface area contributed by atoms with E-state index in [4.69, 9.17) is 0 Å². The number of hydrogen-bond donors (Lipinski definition) is 2. The second-order valence-electron chi connectivity index (χ2n) is 4.65. The summed E-state index contributed by atoms with van der Waals surface area (Å²) in [4.78, 5) is 21.7. The number of rotatable bonds is 9. The van der Waals surface area contributed by atoms with Crippen LogP contribution >= 0.6 is 0 Å². The lowest BCUT2D eigenvalue weighted by Gasteiger charge is -2.09. The van der Waals surface area contributed by atoms with E-state index >= 15 is 0 Å². The third-order valence-electron chi connectivity index (χ3n) is 2.38. The highest BCUT2D eigenvalue weighted by molar-refractivity contribution is 5.67. The zero-order valence-electron chi connectivity index (χ0n) is 12.6. The fourth-order valence-electron chi connectivity index (χ4n) is 1.38. The molecule has 0 saturated heterocycles. The number of hydrogen-bond acceptors (Lipinski definition) is 4. The van der Waals surface area contributed by atoms with Crippen LogP contribution in [0, 0.1) is 0 Å². The van der Waals surface area contributed by atoms with Gasteiger partial charge in [-0.1, -0.05) is 12.8 Å². The summed E-state index contributed by atoms with van der Waals surface area (Å²) in [5.41, 5.74) is 0. The van der Waals surface area contributed by atoms with Gasteiger partial charge >= 0.3 is 24.5 Å². The predicted molar refractivity (Wildman–Crippen MR) is 69.3 cm³/mol. The SMILES string of the molecule is O=C(NCCCCCCNC(=O)OCC(F)(F)F)OCC(F)(F)F. The highest BCUT2D eigenvalue weighted by Gasteiger charge is 2.30. The molecule has 0 aromatic heterocycles. The molecule has 0 radical (unpaired) electrons. The second-order valence-corrected chi connectivity index (χ2v) is 4.65. The topological polar surface area (TPSA) is 76.7 Å². The van der Waals surface area contributed by atoms with Gasteiger partial charge in [0.05, 0.1) is 0 Å². The maximum Gasteiger partial charge on any atom is 0.422 e. The minimum atomic E-state index is -4.58. The third kappa shape index (κ3) is 16.5. The first-order valence-corrected chi connectivity index (χ1v) is 6.94. The standard InChI is InChI=1S/C12H18F6N2O4/c13-11(14,15)7-23-9(21)19-5-3-1-2-4-6-20-10(22)24-8-12(16,17)18/h1-8H2,(H,19,21)(H,20,22). The fraction of sp³-hybridized carbons (Fsp3) is 0.833. The molecule has 0 fully saturated rings. The highest BCUT2D eigenvalue weighted by Crippen LogP contribution is 2.15. The van der Waals surface area contributed by atoms with Crippen molar-refractivity contribution in [3.05, 3.63) is 0 Å². The second kappa shape index (κ2) is 10.8. The van der Waals surface area contributed by atoms with E-state index in [1.807, 2.05) is 0 Å². The molecule has 12 heteroatoms. The molecule has 2 amide bonds. The van der Waals surface area contributed by atoms with E-state index in [2.05, 4.69) is 20.1 Å². The lowest BCUT2D eigenvalue weighted by molar-refractivity contribution is -0.160. The van der Waals surface area contributed by atoms with Gasteiger partial charge in [0.15, 0.2) is 13.2 Å². The Morgan fingerprint density at radius 2 is 1.00 bits per heavy atom. The van der Waals surface area contributed by atoms with Gasteiger partial charge in [-0.25, -0.2) is 9.59 Å². The average Bonchev–Trinajstić information content (AvgIpc) is 2.44. The Bertz CT molecular complexity index is 351. The minimum absolute atomic E-state index is 0.123. The Morgan fingerprint density at radius 3 is 1.29 bits per heavy atom. The van der Waals surface area contributed by atoms with Crippen molar-refractivity contribution in [1.82, 2.24) is 10.6 Å². The van der Waals surface area contributed by atoms with Crippen LogP contribution in [0.25, 0.3) is 0 Å². The summed E-state index contributed by atoms with van der Waals surface area (Å²) in [5.74, 6) is 0. The lowest BCUT2D eigenvalue weighted by Crippen LogP contribution is -2.30. The van der Waals surface area contributed by atoms with Crippen molar-refractivity contribution in [3.8, 4) is 0 Å². The molecular weight excluding hydrogens is 350 g/mol. The van der Waals surface area contributed by atoms with Crippen molar-refractivity contribution >= 4 is 12.2 Å². The Kier molecular flexibility index (Phi) is 9.97. The molecule has 0 heterocycles. The summed E-state index contributed by atoms with van der Waals surface area (Å²) in [5, 5.41) is 4.28. The molecule has 142 valence electrons. The van der Waals surface area contributed by atoms with Gasteiger partial charge in [-0.2, -0.15) is 26.3 Å². The van der Waals surface area contributed by atoms with Gasteiger partial charge in [0.2, 0.25) is 0 Å². The van der Waals surface area contributed by atoms with Crippen LogP contribution in [-0.2, 0) is 9.47 Å². The molecule has 6 nitrogen and oxygen atoms in total. The fourth-order valence-corrected chi connectivity index (χ4v) is 1.38. The molecule has 0 aromatic carbocycles. The number of halogens is 6. The first kappa shape index (κ1) is 22.1. The van der Waals surface area contributed by atoms with Gasteiger partial charge in [-0.3, -0.25) is 0 Å². The molecule has 0 saturated carbocycles. The summed E-state index contributed by atoms with van der Waals surface area (Å²) in [7, 11) is 0. The summed E-state index contributed by atoms with van der Waals surface area (Å²) in [6, 6.07) is 0. The first-order chi connectivity index (χ1) is 11.0. The number of amides is 2. The van der Waals surface area contributed by atoms with Crippen molar-refractivity contribution in [2.45, 2.75) is 38.0 Å². The predicted octanol–water partition coefficient (Wildman–Crippen LogP) is 3.12. The number of ether oxygens (including phenoxy) is 2. The molecule has 0 aliphatic rings. The minimum Gasteiger partial charge on any atom is -0.440 e. The van der Waals surface area contributed by atoms with Crippen LogP contribution in [0.5, 0.6) is 0 Å². The molecule has 0 spiro atoms. The van der Waals surface area contributed by atoms with E-state index in [1.165, 1.54) is 0 Å². The highest BCUT2D eigenvalue weighted by atomic mass is 19.4. The first-order valence-electron chi connectivity index (χ1n) is 6.94. The Morgan fingerprint density at radius 1 is 0.667 bits per heavy atom. The van der Waals surface area contributed by atoms with Crippen molar-refractivity contribution < 1.29 is 45.4 Å². The van der Waals surface area contributed by atoms with Crippen LogP contribution in [0.2, 0.25) is 0 Å². The molecule has 2 N–H and O–H groups in total. The van der Waals surface area contributed by atoms with Crippen molar-refractivity contribution in [3.63, 3.8) is 0 Å². The number of nitrogens with one attached hydrogen (secondary N) is 2. The van der Waals surface area contributed by atoms with E-state index in [0.29, 0.717) is 25.7 Å². The summed E-state index contributed by atoms with van der Waals surface area (Å²) in [6.07, 6.45) is -9.35. The van der Waals surface area contributed by atoms with Crippen molar-refractivity contribution in [2.75, 3.05) is 26.3 Å². The van der Waals surface area contributed by atoms with Crippen LogP contribution in [0.15, 0.2) is 0 Å². The van der Waals surface area contributed by atoms with E-state index in [9.17, 15) is 35.9 Å². The van der Waals surface area contributed by atoms with E-state index in [1.54, 1.807) is 0 Å². The molecule has 0 rings (SSSR count).